The number of carbonyl (C=O) groups excluding carboxylic acids is 2. The zero-order valence-corrected chi connectivity index (χ0v) is 21.7. The first-order valence-corrected chi connectivity index (χ1v) is 13.2. The van der Waals surface area contributed by atoms with E-state index in [-0.39, 0.29) is 23.5 Å². The highest BCUT2D eigenvalue weighted by atomic mass is 16.3. The van der Waals surface area contributed by atoms with Gasteiger partial charge in [0, 0.05) is 51.3 Å². The first-order valence-electron chi connectivity index (χ1n) is 13.2. The molecule has 1 saturated carbocycles. The van der Waals surface area contributed by atoms with Gasteiger partial charge in [-0.3, -0.25) is 9.59 Å². The summed E-state index contributed by atoms with van der Waals surface area (Å²) in [6.45, 7) is 7.11. The Kier molecular flexibility index (Phi) is 7.48. The number of amides is 2. The topological polar surface area (TPSA) is 85.3 Å². The molecule has 1 N–H and O–H groups in total. The number of hydrogen-bond acceptors (Lipinski definition) is 7. The molecule has 194 valence electrons. The van der Waals surface area contributed by atoms with Gasteiger partial charge in [-0.15, -0.1) is 4.91 Å². The highest BCUT2D eigenvalue weighted by Crippen LogP contribution is 2.42. The second-order valence-electron chi connectivity index (χ2n) is 10.5. The number of nitrogens with one attached hydrogen (secondary N) is 1. The number of imide groups is 1. The first kappa shape index (κ1) is 25.3. The fourth-order valence-electron chi connectivity index (χ4n) is 5.86. The van der Waals surface area contributed by atoms with Crippen LogP contribution in [0.25, 0.3) is 11.3 Å². The number of anilines is 1. The maximum absolute atomic E-state index is 13.6. The predicted molar refractivity (Wildman–Crippen MR) is 146 cm³/mol. The lowest BCUT2D eigenvalue weighted by atomic mass is 9.85. The third-order valence-electron chi connectivity index (χ3n) is 7.95. The van der Waals surface area contributed by atoms with Gasteiger partial charge in [0.2, 0.25) is 5.91 Å². The summed E-state index contributed by atoms with van der Waals surface area (Å²) < 4.78 is 0. The van der Waals surface area contributed by atoms with E-state index in [0.29, 0.717) is 22.7 Å². The number of nitroso groups, excluding NO2 is 1. The van der Waals surface area contributed by atoms with E-state index in [1.807, 2.05) is 30.3 Å². The van der Waals surface area contributed by atoms with E-state index < -0.39 is 0 Å². The van der Waals surface area contributed by atoms with Crippen LogP contribution in [0.1, 0.15) is 43.7 Å². The average Bonchev–Trinajstić information content (AvgIpc) is 3.21. The summed E-state index contributed by atoms with van der Waals surface area (Å²) in [6.07, 6.45) is 4.38. The summed E-state index contributed by atoms with van der Waals surface area (Å²) in [5.41, 5.74) is 3.35. The smallest absolute Gasteiger partial charge is 0.267 e. The van der Waals surface area contributed by atoms with Crippen molar-refractivity contribution < 1.29 is 9.59 Å². The molecule has 3 aliphatic rings. The van der Waals surface area contributed by atoms with Gasteiger partial charge in [-0.05, 0) is 67.6 Å². The number of piperazine rings is 1. The number of carbonyl (C=O) groups is 2. The van der Waals surface area contributed by atoms with E-state index in [1.54, 1.807) is 12.1 Å². The maximum atomic E-state index is 13.6. The number of benzene rings is 2. The summed E-state index contributed by atoms with van der Waals surface area (Å²) in [6, 6.07) is 14.9. The number of likely N-dealkylation sites (N-methyl/N-ethyl adjacent to an activating group) is 1. The lowest BCUT2D eigenvalue weighted by Crippen LogP contribution is -2.46. The fraction of sp³-hybridized carbons (Fsp3) is 0.448. The molecule has 2 aliphatic heterocycles. The van der Waals surface area contributed by atoms with Crippen molar-refractivity contribution in [3.05, 3.63) is 64.6 Å². The van der Waals surface area contributed by atoms with Crippen molar-refractivity contribution in [2.75, 3.05) is 44.7 Å². The van der Waals surface area contributed by atoms with E-state index in [0.717, 1.165) is 68.0 Å². The Morgan fingerprint density at radius 1 is 1.00 bits per heavy atom. The summed E-state index contributed by atoms with van der Waals surface area (Å²) in [7, 11) is 2.19. The van der Waals surface area contributed by atoms with Gasteiger partial charge >= 0.3 is 0 Å². The molecule has 2 aromatic rings. The Morgan fingerprint density at radius 3 is 2.35 bits per heavy atom. The minimum Gasteiger partial charge on any atom is -0.381 e. The van der Waals surface area contributed by atoms with Gasteiger partial charge in [0.1, 0.15) is 5.69 Å². The van der Waals surface area contributed by atoms with Gasteiger partial charge in [0.25, 0.3) is 5.91 Å². The molecular weight excluding hydrogens is 466 g/mol. The van der Waals surface area contributed by atoms with Crippen LogP contribution in [0, 0.1) is 10.8 Å². The largest absolute Gasteiger partial charge is 0.381 e. The predicted octanol–water partition coefficient (Wildman–Crippen LogP) is 4.24. The minimum atomic E-state index is -0.388. The van der Waals surface area contributed by atoms with Gasteiger partial charge in [-0.2, -0.15) is 0 Å². The van der Waals surface area contributed by atoms with Crippen LogP contribution < -0.4 is 10.2 Å². The van der Waals surface area contributed by atoms with Crippen LogP contribution in [-0.2, 0) is 9.59 Å². The van der Waals surface area contributed by atoms with Crippen molar-refractivity contribution in [2.24, 2.45) is 11.1 Å². The van der Waals surface area contributed by atoms with Crippen LogP contribution >= 0.6 is 0 Å². The molecular formula is C29H35N5O3. The zero-order valence-electron chi connectivity index (χ0n) is 21.7. The van der Waals surface area contributed by atoms with Crippen molar-refractivity contribution in [1.82, 2.24) is 15.1 Å². The molecule has 2 aromatic carbocycles. The van der Waals surface area contributed by atoms with Crippen molar-refractivity contribution in [2.45, 2.75) is 38.6 Å². The number of rotatable bonds is 6. The molecule has 0 aromatic heterocycles. The fourth-order valence-corrected chi connectivity index (χ4v) is 5.86. The average molecular weight is 502 g/mol. The van der Waals surface area contributed by atoms with Gasteiger partial charge < -0.3 is 15.1 Å². The zero-order chi connectivity index (χ0) is 25.9. The lowest BCUT2D eigenvalue weighted by Gasteiger charge is -2.37. The van der Waals surface area contributed by atoms with Gasteiger partial charge in [0.05, 0.1) is 17.0 Å². The Labute approximate surface area is 218 Å². The van der Waals surface area contributed by atoms with Crippen LogP contribution in [0.5, 0.6) is 0 Å². The monoisotopic (exact) mass is 501 g/mol. The van der Waals surface area contributed by atoms with Gasteiger partial charge in [-0.25, -0.2) is 4.90 Å². The molecule has 0 bridgehead atoms. The van der Waals surface area contributed by atoms with E-state index >= 15 is 0 Å². The Morgan fingerprint density at radius 2 is 1.70 bits per heavy atom. The van der Waals surface area contributed by atoms with Crippen molar-refractivity contribution in [1.29, 1.82) is 0 Å². The van der Waals surface area contributed by atoms with Crippen LogP contribution in [-0.4, -0.2) is 67.4 Å². The third kappa shape index (κ3) is 5.36. The number of nitrogens with zero attached hydrogens (tertiary/aromatic N) is 4. The maximum Gasteiger partial charge on any atom is 0.267 e. The molecule has 37 heavy (non-hydrogen) atoms. The van der Waals surface area contributed by atoms with Crippen LogP contribution in [0.15, 0.2) is 53.7 Å². The molecule has 1 saturated heterocycles. The lowest BCUT2D eigenvalue weighted by molar-refractivity contribution is -0.122. The van der Waals surface area contributed by atoms with Crippen LogP contribution in [0.2, 0.25) is 0 Å². The molecule has 0 radical (unpaired) electrons. The highest BCUT2D eigenvalue weighted by molar-refractivity contribution is 6.43. The molecule has 2 amide bonds. The molecule has 5 rings (SSSR count). The minimum absolute atomic E-state index is 0.187. The quantitative estimate of drug-likeness (QED) is 0.471. The normalized spacial score (nSPS) is 24.1. The SMILES string of the molecule is CC(=O)N1C(=O)/C(=C(\N[C@H]2CC[C@H](CN3CCN(C)CC3)CC2)c2ccccc2)c2ccc(N=O)cc21. The van der Waals surface area contributed by atoms with E-state index in [2.05, 4.69) is 27.3 Å². The molecule has 8 heteroatoms. The Balaban J connectivity index is 1.40. The molecule has 8 nitrogen and oxygen atoms in total. The Hall–Kier alpha value is -3.36. The third-order valence-corrected chi connectivity index (χ3v) is 7.95. The van der Waals surface area contributed by atoms with Crippen molar-refractivity contribution in [3.63, 3.8) is 0 Å². The van der Waals surface area contributed by atoms with E-state index in [4.69, 9.17) is 0 Å². The Bertz CT molecular complexity index is 1200. The molecule has 2 heterocycles. The molecule has 0 unspecified atom stereocenters. The molecule has 0 atom stereocenters. The van der Waals surface area contributed by atoms with Crippen molar-refractivity contribution in [3.8, 4) is 0 Å². The van der Waals surface area contributed by atoms with E-state index in [9.17, 15) is 14.5 Å². The number of hydrogen-bond donors (Lipinski definition) is 1. The van der Waals surface area contributed by atoms with Crippen LogP contribution in [0.4, 0.5) is 11.4 Å². The molecule has 2 fully saturated rings. The van der Waals surface area contributed by atoms with Gasteiger partial charge in [0.15, 0.2) is 0 Å². The van der Waals surface area contributed by atoms with Crippen molar-refractivity contribution >= 4 is 34.5 Å². The first-order chi connectivity index (χ1) is 17.9. The standard InChI is InChI=1S/C29H35N5O3/c1-20(35)34-26-18-24(31-37)12-13-25(26)27(29(34)36)28(22-6-4-3-5-7-22)30-23-10-8-21(9-11-23)19-33-16-14-32(2)15-17-33/h3-7,12-13,18,21,23,30H,8-11,14-17,19H2,1-2H3/b28-27-/t21-,23-. The molecule has 0 spiro atoms. The second kappa shape index (κ2) is 10.9. The summed E-state index contributed by atoms with van der Waals surface area (Å²) >= 11 is 0. The number of fused-ring (bicyclic) bond motifs is 1. The summed E-state index contributed by atoms with van der Waals surface area (Å²) in [5.74, 6) is -0.0626. The van der Waals surface area contributed by atoms with E-state index in [1.165, 1.54) is 19.5 Å². The second-order valence-corrected chi connectivity index (χ2v) is 10.5. The summed E-state index contributed by atoms with van der Waals surface area (Å²) in [4.78, 5) is 43.4. The summed E-state index contributed by atoms with van der Waals surface area (Å²) in [5, 5.41) is 6.72. The van der Waals surface area contributed by atoms with Crippen LogP contribution in [0.3, 0.4) is 0 Å². The highest BCUT2D eigenvalue weighted by Gasteiger charge is 2.38. The molecule has 1 aliphatic carbocycles. The van der Waals surface area contributed by atoms with Gasteiger partial charge in [-0.1, -0.05) is 30.3 Å².